The van der Waals surface area contributed by atoms with Gasteiger partial charge >= 0.3 is 6.03 Å². The Hall–Kier alpha value is -3.02. The fourth-order valence-corrected chi connectivity index (χ4v) is 2.22. The van der Waals surface area contributed by atoms with E-state index >= 15 is 0 Å². The molecule has 0 spiro atoms. The van der Waals surface area contributed by atoms with Gasteiger partial charge in [0.05, 0.1) is 7.11 Å². The van der Waals surface area contributed by atoms with Crippen molar-refractivity contribution in [3.8, 4) is 5.75 Å². The van der Waals surface area contributed by atoms with Gasteiger partial charge in [0, 0.05) is 24.3 Å². The first kappa shape index (κ1) is 18.3. The second kappa shape index (κ2) is 8.73. The fourth-order valence-electron chi connectivity index (χ4n) is 2.22. The van der Waals surface area contributed by atoms with Crippen LogP contribution >= 0.6 is 0 Å². The normalized spacial score (nSPS) is 10.0. The number of carbonyl (C=O) groups excluding carboxylic acids is 2. The third-order valence-electron chi connectivity index (χ3n) is 3.68. The molecule has 0 saturated carbocycles. The van der Waals surface area contributed by atoms with Crippen LogP contribution in [0.5, 0.6) is 5.75 Å². The molecule has 2 aromatic carbocycles. The first-order valence-electron chi connectivity index (χ1n) is 8.10. The van der Waals surface area contributed by atoms with Crippen LogP contribution in [0.4, 0.5) is 16.2 Å². The lowest BCUT2D eigenvalue weighted by Gasteiger charge is -2.12. The molecular weight excluding hydrogens is 318 g/mol. The molecule has 0 aromatic heterocycles. The maximum Gasteiger partial charge on any atom is 0.319 e. The van der Waals surface area contributed by atoms with E-state index in [1.54, 1.807) is 20.1 Å². The Bertz CT molecular complexity index is 759. The summed E-state index contributed by atoms with van der Waals surface area (Å²) < 4.78 is 5.16. The largest absolute Gasteiger partial charge is 0.497 e. The number of urea groups is 1. The van der Waals surface area contributed by atoms with Gasteiger partial charge in [-0.2, -0.15) is 0 Å². The zero-order valence-corrected chi connectivity index (χ0v) is 14.7. The van der Waals surface area contributed by atoms with Crippen LogP contribution in [0.15, 0.2) is 42.5 Å². The minimum Gasteiger partial charge on any atom is -0.497 e. The zero-order chi connectivity index (χ0) is 18.2. The summed E-state index contributed by atoms with van der Waals surface area (Å²) in [7, 11) is 1.60. The number of hydrogen-bond donors (Lipinski definition) is 3. The molecule has 0 aliphatic heterocycles. The van der Waals surface area contributed by atoms with Crippen molar-refractivity contribution in [3.05, 3.63) is 53.6 Å². The highest BCUT2D eigenvalue weighted by Crippen LogP contribution is 2.20. The maximum absolute atomic E-state index is 12.1. The molecule has 6 nitrogen and oxygen atoms in total. The molecule has 0 bridgehead atoms. The van der Waals surface area contributed by atoms with E-state index < -0.39 is 0 Å². The minimum atomic E-state index is -0.315. The van der Waals surface area contributed by atoms with Crippen molar-refractivity contribution >= 4 is 23.3 Å². The summed E-state index contributed by atoms with van der Waals surface area (Å²) in [6.07, 6.45) is 0.400. The summed E-state index contributed by atoms with van der Waals surface area (Å²) in [6, 6.07) is 12.6. The fraction of sp³-hybridized carbons (Fsp3) is 0.263. The van der Waals surface area contributed by atoms with Crippen molar-refractivity contribution in [2.24, 2.45) is 0 Å². The first-order valence-corrected chi connectivity index (χ1v) is 8.10. The van der Waals surface area contributed by atoms with Gasteiger partial charge in [-0.3, -0.25) is 4.79 Å². The number of rotatable bonds is 6. The van der Waals surface area contributed by atoms with Crippen molar-refractivity contribution in [1.82, 2.24) is 5.32 Å². The van der Waals surface area contributed by atoms with Gasteiger partial charge in [0.15, 0.2) is 0 Å². The third kappa shape index (κ3) is 5.53. The Kier molecular flexibility index (Phi) is 6.39. The summed E-state index contributed by atoms with van der Waals surface area (Å²) in [4.78, 5) is 23.6. The van der Waals surface area contributed by atoms with E-state index in [0.29, 0.717) is 24.3 Å². The molecule has 0 aliphatic rings. The van der Waals surface area contributed by atoms with Gasteiger partial charge in [-0.15, -0.1) is 0 Å². The van der Waals surface area contributed by atoms with Gasteiger partial charge in [-0.25, -0.2) is 4.79 Å². The number of carbonyl (C=O) groups is 2. The Balaban J connectivity index is 1.97. The summed E-state index contributed by atoms with van der Waals surface area (Å²) in [6.45, 7) is 4.06. The van der Waals surface area contributed by atoms with E-state index in [4.69, 9.17) is 4.74 Å². The Morgan fingerprint density at radius 2 is 1.88 bits per heavy atom. The van der Waals surface area contributed by atoms with E-state index in [9.17, 15) is 9.59 Å². The molecule has 3 amide bonds. The van der Waals surface area contributed by atoms with Gasteiger partial charge in [0.25, 0.3) is 0 Å². The highest BCUT2D eigenvalue weighted by molar-refractivity contribution is 5.94. The van der Waals surface area contributed by atoms with Crippen LogP contribution in [-0.4, -0.2) is 19.0 Å². The number of ether oxygens (including phenoxy) is 1. The van der Waals surface area contributed by atoms with Crippen LogP contribution < -0.4 is 20.7 Å². The van der Waals surface area contributed by atoms with Gasteiger partial charge in [0.2, 0.25) is 5.91 Å². The molecule has 0 heterocycles. The Morgan fingerprint density at radius 3 is 2.60 bits per heavy atom. The molecule has 132 valence electrons. The predicted molar refractivity (Wildman–Crippen MR) is 99.0 cm³/mol. The number of anilines is 2. The molecule has 0 atom stereocenters. The average Bonchev–Trinajstić information content (AvgIpc) is 2.62. The summed E-state index contributed by atoms with van der Waals surface area (Å²) >= 11 is 0. The van der Waals surface area contributed by atoms with Crippen LogP contribution in [0.2, 0.25) is 0 Å². The predicted octanol–water partition coefficient (Wildman–Crippen LogP) is 3.67. The van der Waals surface area contributed by atoms with Crippen LogP contribution in [0, 0.1) is 6.92 Å². The van der Waals surface area contributed by atoms with E-state index in [0.717, 1.165) is 16.9 Å². The molecule has 3 N–H and O–H groups in total. The van der Waals surface area contributed by atoms with E-state index in [1.807, 2.05) is 43.3 Å². The molecule has 0 aliphatic carbocycles. The Labute approximate surface area is 147 Å². The lowest BCUT2D eigenvalue weighted by molar-refractivity contribution is -0.115. The van der Waals surface area contributed by atoms with Crippen molar-refractivity contribution in [2.45, 2.75) is 26.8 Å². The number of methoxy groups -OCH3 is 1. The van der Waals surface area contributed by atoms with E-state index in [-0.39, 0.29) is 11.9 Å². The van der Waals surface area contributed by atoms with Crippen molar-refractivity contribution in [1.29, 1.82) is 0 Å². The van der Waals surface area contributed by atoms with Crippen LogP contribution in [0.1, 0.15) is 24.5 Å². The molecule has 2 aromatic rings. The highest BCUT2D eigenvalue weighted by atomic mass is 16.5. The topological polar surface area (TPSA) is 79.5 Å². The number of hydrogen-bond acceptors (Lipinski definition) is 3. The first-order chi connectivity index (χ1) is 12.0. The third-order valence-corrected chi connectivity index (χ3v) is 3.68. The molecule has 0 unspecified atom stereocenters. The molecule has 25 heavy (non-hydrogen) atoms. The van der Waals surface area contributed by atoms with Gasteiger partial charge < -0.3 is 20.7 Å². The molecule has 0 saturated heterocycles. The van der Waals surface area contributed by atoms with Crippen molar-refractivity contribution < 1.29 is 14.3 Å². The summed E-state index contributed by atoms with van der Waals surface area (Å²) in [5.41, 5.74) is 3.15. The minimum absolute atomic E-state index is 0.0720. The zero-order valence-electron chi connectivity index (χ0n) is 14.7. The second-order valence-electron chi connectivity index (χ2n) is 5.59. The lowest BCUT2D eigenvalue weighted by Crippen LogP contribution is -2.28. The highest BCUT2D eigenvalue weighted by Gasteiger charge is 2.07. The van der Waals surface area contributed by atoms with Crippen molar-refractivity contribution in [3.63, 3.8) is 0 Å². The lowest BCUT2D eigenvalue weighted by atomic mass is 10.1. The van der Waals surface area contributed by atoms with Crippen LogP contribution in [-0.2, 0) is 11.3 Å². The molecule has 2 rings (SSSR count). The number of amides is 3. The second-order valence-corrected chi connectivity index (χ2v) is 5.59. The molecular formula is C19H23N3O3. The van der Waals surface area contributed by atoms with Gasteiger partial charge in [-0.1, -0.05) is 25.1 Å². The van der Waals surface area contributed by atoms with E-state index in [1.165, 1.54) is 0 Å². The number of nitrogens with one attached hydrogen (secondary N) is 3. The molecule has 0 fully saturated rings. The smallest absolute Gasteiger partial charge is 0.319 e. The quantitative estimate of drug-likeness (QED) is 0.750. The summed E-state index contributed by atoms with van der Waals surface area (Å²) in [5.74, 6) is 0.673. The Morgan fingerprint density at radius 1 is 1.08 bits per heavy atom. The van der Waals surface area contributed by atoms with Gasteiger partial charge in [0.1, 0.15) is 5.75 Å². The standard InChI is InChI=1S/C19H23N3O3/c1-4-18(23)21-15-9-8-13(2)17(11-15)22-19(24)20-12-14-6-5-7-16(10-14)25-3/h5-11H,4,12H2,1-3H3,(H,21,23)(H2,20,22,24). The van der Waals surface area contributed by atoms with Crippen molar-refractivity contribution in [2.75, 3.05) is 17.7 Å². The van der Waals surface area contributed by atoms with Crippen LogP contribution in [0.25, 0.3) is 0 Å². The summed E-state index contributed by atoms with van der Waals surface area (Å²) in [5, 5.41) is 8.39. The maximum atomic E-state index is 12.1. The number of aryl methyl sites for hydroxylation is 1. The monoisotopic (exact) mass is 341 g/mol. The SMILES string of the molecule is CCC(=O)Nc1ccc(C)c(NC(=O)NCc2cccc(OC)c2)c1. The van der Waals surface area contributed by atoms with Gasteiger partial charge in [-0.05, 0) is 42.3 Å². The molecule has 6 heteroatoms. The van der Waals surface area contributed by atoms with E-state index in [2.05, 4.69) is 16.0 Å². The van der Waals surface area contributed by atoms with Crippen LogP contribution in [0.3, 0.4) is 0 Å². The average molecular weight is 341 g/mol. The number of benzene rings is 2. The molecule has 0 radical (unpaired) electrons.